The van der Waals surface area contributed by atoms with Gasteiger partial charge in [0.1, 0.15) is 5.54 Å². The fourth-order valence-electron chi connectivity index (χ4n) is 2.42. The number of likely N-dealkylation sites (tertiary alicyclic amines) is 1. The van der Waals surface area contributed by atoms with Gasteiger partial charge < -0.3 is 16.4 Å². The number of nitrogens with zero attached hydrogens (tertiary/aromatic N) is 2. The minimum absolute atomic E-state index is 0.193. The molecule has 1 aliphatic heterocycles. The Kier molecular flexibility index (Phi) is 5.57. The highest BCUT2D eigenvalue weighted by Gasteiger charge is 2.21. The Bertz CT molecular complexity index is 313. The topological polar surface area (TPSA) is 96.1 Å². The van der Waals surface area contributed by atoms with E-state index in [0.29, 0.717) is 12.3 Å². The molecule has 4 N–H and O–H groups in total. The summed E-state index contributed by atoms with van der Waals surface area (Å²) in [6.07, 6.45) is 4.27. The fraction of sp³-hybridized carbons (Fsp3) is 0.846. The van der Waals surface area contributed by atoms with Gasteiger partial charge in [-0.3, -0.25) is 4.79 Å². The number of amides is 1. The number of nitriles is 1. The quantitative estimate of drug-likeness (QED) is 0.723. The third-order valence-electron chi connectivity index (χ3n) is 3.62. The second kappa shape index (κ2) is 6.72. The van der Waals surface area contributed by atoms with Gasteiger partial charge in [-0.2, -0.15) is 5.26 Å². The third kappa shape index (κ3) is 5.48. The van der Waals surface area contributed by atoms with Crippen LogP contribution in [0.25, 0.3) is 0 Å². The van der Waals surface area contributed by atoms with E-state index in [1.807, 2.05) is 0 Å². The van der Waals surface area contributed by atoms with Gasteiger partial charge in [-0.15, -0.1) is 0 Å². The number of primary amides is 1. The maximum atomic E-state index is 10.8. The van der Waals surface area contributed by atoms with Crippen molar-refractivity contribution in [1.82, 2.24) is 4.90 Å². The Balaban J connectivity index is 2.17. The molecule has 0 bridgehead atoms. The highest BCUT2D eigenvalue weighted by molar-refractivity contribution is 5.73. The molecule has 1 atom stereocenters. The predicted octanol–water partition coefficient (Wildman–Crippen LogP) is 0.595. The van der Waals surface area contributed by atoms with Crippen LogP contribution in [0, 0.1) is 17.2 Å². The number of carbonyl (C=O) groups is 1. The molecule has 1 saturated heterocycles. The predicted molar refractivity (Wildman–Crippen MR) is 70.4 cm³/mol. The van der Waals surface area contributed by atoms with Crippen LogP contribution in [0.5, 0.6) is 0 Å². The Labute approximate surface area is 109 Å². The van der Waals surface area contributed by atoms with Crippen LogP contribution in [0.3, 0.4) is 0 Å². The van der Waals surface area contributed by atoms with Crippen molar-refractivity contribution >= 4 is 5.91 Å². The van der Waals surface area contributed by atoms with Gasteiger partial charge >= 0.3 is 0 Å². The van der Waals surface area contributed by atoms with Gasteiger partial charge in [0.05, 0.1) is 6.07 Å². The highest BCUT2D eigenvalue weighted by Crippen LogP contribution is 2.20. The van der Waals surface area contributed by atoms with Crippen LogP contribution in [-0.2, 0) is 4.79 Å². The molecule has 0 saturated carbocycles. The Morgan fingerprint density at radius 1 is 1.50 bits per heavy atom. The summed E-state index contributed by atoms with van der Waals surface area (Å²) in [5.74, 6) is 0.263. The first-order valence-corrected chi connectivity index (χ1v) is 6.64. The van der Waals surface area contributed by atoms with Gasteiger partial charge in [0, 0.05) is 6.42 Å². The van der Waals surface area contributed by atoms with Gasteiger partial charge in [0.15, 0.2) is 0 Å². The van der Waals surface area contributed by atoms with Gasteiger partial charge in [-0.25, -0.2) is 0 Å². The molecule has 18 heavy (non-hydrogen) atoms. The molecule has 0 spiro atoms. The number of rotatable bonds is 6. The largest absolute Gasteiger partial charge is 0.370 e. The lowest BCUT2D eigenvalue weighted by Gasteiger charge is -2.31. The molecule has 1 heterocycles. The van der Waals surface area contributed by atoms with Crippen molar-refractivity contribution < 1.29 is 4.79 Å². The molecule has 1 aliphatic rings. The van der Waals surface area contributed by atoms with Gasteiger partial charge in [0.2, 0.25) is 5.91 Å². The van der Waals surface area contributed by atoms with Crippen molar-refractivity contribution in [3.05, 3.63) is 0 Å². The van der Waals surface area contributed by atoms with Gasteiger partial charge in [-0.05, 0) is 58.2 Å². The number of piperidine rings is 1. The van der Waals surface area contributed by atoms with Crippen LogP contribution in [0.1, 0.15) is 39.0 Å². The van der Waals surface area contributed by atoms with Crippen LogP contribution in [0.15, 0.2) is 0 Å². The molecule has 0 aliphatic carbocycles. The van der Waals surface area contributed by atoms with E-state index in [1.165, 1.54) is 0 Å². The highest BCUT2D eigenvalue weighted by atomic mass is 16.1. The van der Waals surface area contributed by atoms with Crippen molar-refractivity contribution in [3.63, 3.8) is 0 Å². The van der Waals surface area contributed by atoms with Crippen LogP contribution < -0.4 is 11.5 Å². The molecular weight excluding hydrogens is 228 g/mol. The normalized spacial score (nSPS) is 21.2. The van der Waals surface area contributed by atoms with E-state index in [9.17, 15) is 4.79 Å². The van der Waals surface area contributed by atoms with Crippen molar-refractivity contribution in [2.24, 2.45) is 17.4 Å². The second-order valence-corrected chi connectivity index (χ2v) is 5.59. The van der Waals surface area contributed by atoms with E-state index in [1.54, 1.807) is 6.92 Å². The smallest absolute Gasteiger partial charge is 0.217 e. The summed E-state index contributed by atoms with van der Waals surface area (Å²) in [5.41, 5.74) is 10.3. The lowest BCUT2D eigenvalue weighted by atomic mass is 9.93. The van der Waals surface area contributed by atoms with Crippen LogP contribution >= 0.6 is 0 Å². The Hall–Kier alpha value is -1.12. The van der Waals surface area contributed by atoms with Gasteiger partial charge in [0.25, 0.3) is 0 Å². The Morgan fingerprint density at radius 2 is 2.11 bits per heavy atom. The molecular formula is C13H24N4O. The summed E-state index contributed by atoms with van der Waals surface area (Å²) < 4.78 is 0. The van der Waals surface area contributed by atoms with Crippen LogP contribution in [-0.4, -0.2) is 36.0 Å². The van der Waals surface area contributed by atoms with E-state index in [0.717, 1.165) is 45.3 Å². The zero-order chi connectivity index (χ0) is 13.6. The molecule has 5 nitrogen and oxygen atoms in total. The monoisotopic (exact) mass is 252 g/mol. The van der Waals surface area contributed by atoms with E-state index >= 15 is 0 Å². The number of hydrogen-bond donors (Lipinski definition) is 2. The summed E-state index contributed by atoms with van der Waals surface area (Å²) in [5, 5.41) is 8.82. The summed E-state index contributed by atoms with van der Waals surface area (Å²) in [6.45, 7) is 4.79. The SMILES string of the molecule is CC(N)(C#N)CCCN1CCC(CC(N)=O)CC1. The fourth-order valence-corrected chi connectivity index (χ4v) is 2.42. The lowest BCUT2D eigenvalue weighted by molar-refractivity contribution is -0.119. The standard InChI is InChI=1S/C13H24N4O/c1-13(16,10-14)5-2-6-17-7-3-11(4-8-17)9-12(15)18/h11H,2-9,16H2,1H3,(H2,15,18). The van der Waals surface area contributed by atoms with Crippen molar-refractivity contribution in [2.45, 2.75) is 44.6 Å². The van der Waals surface area contributed by atoms with Crippen molar-refractivity contribution in [2.75, 3.05) is 19.6 Å². The molecule has 1 rings (SSSR count). The molecule has 1 unspecified atom stereocenters. The van der Waals surface area contributed by atoms with Gasteiger partial charge in [-0.1, -0.05) is 0 Å². The molecule has 0 radical (unpaired) electrons. The number of hydrogen-bond acceptors (Lipinski definition) is 4. The minimum Gasteiger partial charge on any atom is -0.370 e. The average molecular weight is 252 g/mol. The second-order valence-electron chi connectivity index (χ2n) is 5.59. The molecule has 5 heteroatoms. The minimum atomic E-state index is -0.704. The van der Waals surface area contributed by atoms with E-state index in [4.69, 9.17) is 16.7 Å². The first kappa shape index (κ1) is 14.9. The zero-order valence-corrected chi connectivity index (χ0v) is 11.2. The Morgan fingerprint density at radius 3 is 2.61 bits per heavy atom. The van der Waals surface area contributed by atoms with Crippen LogP contribution in [0.2, 0.25) is 0 Å². The molecule has 0 aromatic heterocycles. The molecule has 1 amide bonds. The lowest BCUT2D eigenvalue weighted by Crippen LogP contribution is -2.38. The number of nitrogens with two attached hydrogens (primary N) is 2. The molecule has 0 aromatic carbocycles. The van der Waals surface area contributed by atoms with Crippen molar-refractivity contribution in [3.8, 4) is 6.07 Å². The molecule has 102 valence electrons. The van der Waals surface area contributed by atoms with E-state index < -0.39 is 5.54 Å². The average Bonchev–Trinajstić information content (AvgIpc) is 2.30. The molecule has 0 aromatic rings. The maximum absolute atomic E-state index is 10.8. The zero-order valence-electron chi connectivity index (χ0n) is 11.2. The first-order chi connectivity index (χ1) is 8.43. The van der Waals surface area contributed by atoms with E-state index in [2.05, 4.69) is 11.0 Å². The van der Waals surface area contributed by atoms with E-state index in [-0.39, 0.29) is 5.91 Å². The first-order valence-electron chi connectivity index (χ1n) is 6.64. The van der Waals surface area contributed by atoms with Crippen LogP contribution in [0.4, 0.5) is 0 Å². The number of carbonyl (C=O) groups excluding carboxylic acids is 1. The summed E-state index contributed by atoms with van der Waals surface area (Å²) >= 11 is 0. The molecule has 1 fully saturated rings. The third-order valence-corrected chi connectivity index (χ3v) is 3.62. The summed E-state index contributed by atoms with van der Waals surface area (Å²) in [4.78, 5) is 13.2. The van der Waals surface area contributed by atoms with Crippen molar-refractivity contribution in [1.29, 1.82) is 5.26 Å². The summed E-state index contributed by atoms with van der Waals surface area (Å²) in [7, 11) is 0. The maximum Gasteiger partial charge on any atom is 0.217 e. The summed E-state index contributed by atoms with van der Waals surface area (Å²) in [6, 6.07) is 2.12.